The molecule has 14 heavy (non-hydrogen) atoms. The maximum absolute atomic E-state index is 4.02. The van der Waals surface area contributed by atoms with E-state index in [0.717, 1.165) is 18.5 Å². The van der Waals surface area contributed by atoms with Crippen LogP contribution in [-0.2, 0) is 0 Å². The molecule has 1 aromatic heterocycles. The van der Waals surface area contributed by atoms with Gasteiger partial charge in [-0.1, -0.05) is 11.8 Å². The highest BCUT2D eigenvalue weighted by Crippen LogP contribution is 2.07. The summed E-state index contributed by atoms with van der Waals surface area (Å²) in [5.74, 6) is 6.31. The first-order chi connectivity index (χ1) is 6.95. The van der Waals surface area contributed by atoms with E-state index in [1.807, 2.05) is 12.1 Å². The predicted molar refractivity (Wildman–Crippen MR) is 56.8 cm³/mol. The van der Waals surface area contributed by atoms with Crippen molar-refractivity contribution >= 4 is 0 Å². The number of hydrogen-bond donors (Lipinski definition) is 1. The van der Waals surface area contributed by atoms with Crippen LogP contribution in [0.1, 0.15) is 24.8 Å². The van der Waals surface area contributed by atoms with Crippen molar-refractivity contribution < 1.29 is 0 Å². The molecule has 0 amide bonds. The average Bonchev–Trinajstić information content (AvgIpc) is 2.72. The highest BCUT2D eigenvalue weighted by atomic mass is 14.9. The van der Waals surface area contributed by atoms with E-state index in [4.69, 9.17) is 0 Å². The molecular formula is C12H14N2. The molecule has 0 aromatic carbocycles. The molecule has 1 fully saturated rings. The Morgan fingerprint density at radius 1 is 1.57 bits per heavy atom. The molecule has 1 N–H and O–H groups in total. The van der Waals surface area contributed by atoms with Crippen LogP contribution in [0.2, 0.25) is 0 Å². The Balaban J connectivity index is 1.87. The van der Waals surface area contributed by atoms with Crippen molar-refractivity contribution in [1.29, 1.82) is 0 Å². The van der Waals surface area contributed by atoms with Gasteiger partial charge in [-0.25, -0.2) is 0 Å². The Hall–Kier alpha value is -1.33. The van der Waals surface area contributed by atoms with Crippen LogP contribution in [-0.4, -0.2) is 17.6 Å². The second kappa shape index (κ2) is 4.78. The summed E-state index contributed by atoms with van der Waals surface area (Å²) in [7, 11) is 0. The Kier molecular flexibility index (Phi) is 3.15. The van der Waals surface area contributed by atoms with Crippen molar-refractivity contribution in [3.05, 3.63) is 30.1 Å². The van der Waals surface area contributed by atoms with Crippen LogP contribution >= 0.6 is 0 Å². The summed E-state index contributed by atoms with van der Waals surface area (Å²) in [4.78, 5) is 4.02. The molecule has 1 aliphatic rings. The third kappa shape index (κ3) is 2.58. The molecule has 2 rings (SSSR count). The van der Waals surface area contributed by atoms with E-state index in [9.17, 15) is 0 Å². The van der Waals surface area contributed by atoms with Gasteiger partial charge < -0.3 is 5.32 Å². The van der Waals surface area contributed by atoms with Gasteiger partial charge in [-0.05, 0) is 31.5 Å². The minimum Gasteiger partial charge on any atom is -0.313 e. The first-order valence-corrected chi connectivity index (χ1v) is 5.07. The summed E-state index contributed by atoms with van der Waals surface area (Å²) in [5, 5.41) is 3.42. The first kappa shape index (κ1) is 9.23. The normalized spacial score (nSPS) is 20.1. The van der Waals surface area contributed by atoms with E-state index in [-0.39, 0.29) is 0 Å². The fourth-order valence-corrected chi connectivity index (χ4v) is 1.64. The van der Waals surface area contributed by atoms with Gasteiger partial charge in [0.25, 0.3) is 0 Å². The molecule has 1 aromatic rings. The van der Waals surface area contributed by atoms with Gasteiger partial charge in [-0.2, -0.15) is 0 Å². The van der Waals surface area contributed by atoms with Crippen LogP contribution in [0.3, 0.4) is 0 Å². The minimum absolute atomic E-state index is 0.610. The maximum atomic E-state index is 4.02. The Morgan fingerprint density at radius 2 is 2.57 bits per heavy atom. The Labute approximate surface area is 84.7 Å². The molecule has 2 nitrogen and oxygen atoms in total. The van der Waals surface area contributed by atoms with Crippen molar-refractivity contribution in [2.75, 3.05) is 6.54 Å². The van der Waals surface area contributed by atoms with E-state index < -0.39 is 0 Å². The average molecular weight is 186 g/mol. The minimum atomic E-state index is 0.610. The maximum Gasteiger partial charge on any atom is 0.0428 e. The summed E-state index contributed by atoms with van der Waals surface area (Å²) in [6, 6.07) is 4.51. The summed E-state index contributed by atoms with van der Waals surface area (Å²) in [6.45, 7) is 1.15. The number of aromatic nitrogens is 1. The van der Waals surface area contributed by atoms with Gasteiger partial charge in [0.1, 0.15) is 0 Å². The van der Waals surface area contributed by atoms with E-state index in [2.05, 4.69) is 22.1 Å². The third-order valence-electron chi connectivity index (χ3n) is 2.41. The second-order valence-electron chi connectivity index (χ2n) is 3.54. The molecule has 1 saturated heterocycles. The zero-order valence-corrected chi connectivity index (χ0v) is 8.16. The molecule has 0 spiro atoms. The Morgan fingerprint density at radius 3 is 3.29 bits per heavy atom. The van der Waals surface area contributed by atoms with Gasteiger partial charge >= 0.3 is 0 Å². The highest BCUT2D eigenvalue weighted by molar-refractivity contribution is 5.31. The van der Waals surface area contributed by atoms with E-state index >= 15 is 0 Å². The standard InChI is InChI=1S/C12H14N2/c1(6-12-7-3-9-14-12)4-11-5-2-8-13-10-11/h2,5,8,10,12,14H,3,6-7,9H2. The van der Waals surface area contributed by atoms with Gasteiger partial charge in [0.05, 0.1) is 0 Å². The fraction of sp³-hybridized carbons (Fsp3) is 0.417. The summed E-state index contributed by atoms with van der Waals surface area (Å²) in [5.41, 5.74) is 1.01. The molecule has 2 heterocycles. The molecule has 72 valence electrons. The Bertz CT molecular complexity index is 328. The molecule has 0 saturated carbocycles. The van der Waals surface area contributed by atoms with Crippen molar-refractivity contribution in [2.24, 2.45) is 0 Å². The van der Waals surface area contributed by atoms with Crippen LogP contribution in [0.15, 0.2) is 24.5 Å². The molecule has 0 bridgehead atoms. The zero-order valence-electron chi connectivity index (χ0n) is 8.16. The van der Waals surface area contributed by atoms with E-state index in [1.54, 1.807) is 12.4 Å². The third-order valence-corrected chi connectivity index (χ3v) is 2.41. The largest absolute Gasteiger partial charge is 0.313 e. The number of hydrogen-bond acceptors (Lipinski definition) is 2. The summed E-state index contributed by atoms with van der Waals surface area (Å²) < 4.78 is 0. The number of nitrogens with zero attached hydrogens (tertiary/aromatic N) is 1. The van der Waals surface area contributed by atoms with Gasteiger partial charge in [0.2, 0.25) is 0 Å². The SMILES string of the molecule is C(#Cc1cccnc1)CC1CCCN1. The van der Waals surface area contributed by atoms with Crippen LogP contribution in [0.25, 0.3) is 0 Å². The highest BCUT2D eigenvalue weighted by Gasteiger charge is 2.11. The zero-order chi connectivity index (χ0) is 9.64. The monoisotopic (exact) mass is 186 g/mol. The van der Waals surface area contributed by atoms with Crippen molar-refractivity contribution in [1.82, 2.24) is 10.3 Å². The molecule has 1 unspecified atom stereocenters. The molecule has 2 heteroatoms. The van der Waals surface area contributed by atoms with E-state index in [0.29, 0.717) is 6.04 Å². The smallest absolute Gasteiger partial charge is 0.0428 e. The number of rotatable bonds is 1. The number of pyridine rings is 1. The second-order valence-corrected chi connectivity index (χ2v) is 3.54. The lowest BCUT2D eigenvalue weighted by molar-refractivity contribution is 0.623. The fourth-order valence-electron chi connectivity index (χ4n) is 1.64. The van der Waals surface area contributed by atoms with Crippen LogP contribution in [0.4, 0.5) is 0 Å². The molecule has 0 radical (unpaired) electrons. The summed E-state index contributed by atoms with van der Waals surface area (Å²) in [6.07, 6.45) is 7.08. The van der Waals surface area contributed by atoms with Crippen molar-refractivity contribution in [2.45, 2.75) is 25.3 Å². The predicted octanol–water partition coefficient (Wildman–Crippen LogP) is 1.58. The van der Waals surface area contributed by atoms with Crippen molar-refractivity contribution in [3.63, 3.8) is 0 Å². The first-order valence-electron chi connectivity index (χ1n) is 5.07. The van der Waals surface area contributed by atoms with Gasteiger partial charge in [0.15, 0.2) is 0 Å². The molecule has 1 aliphatic heterocycles. The van der Waals surface area contributed by atoms with Gasteiger partial charge in [-0.3, -0.25) is 4.98 Å². The molecular weight excluding hydrogens is 172 g/mol. The number of nitrogens with one attached hydrogen (secondary N) is 1. The van der Waals surface area contributed by atoms with Crippen molar-refractivity contribution in [3.8, 4) is 11.8 Å². The van der Waals surface area contributed by atoms with Gasteiger partial charge in [-0.15, -0.1) is 0 Å². The van der Waals surface area contributed by atoms with Crippen LogP contribution < -0.4 is 5.32 Å². The lowest BCUT2D eigenvalue weighted by Gasteiger charge is -2.02. The quantitative estimate of drug-likeness (QED) is 0.673. The van der Waals surface area contributed by atoms with Crippen LogP contribution in [0, 0.1) is 11.8 Å². The van der Waals surface area contributed by atoms with E-state index in [1.165, 1.54) is 12.8 Å². The molecule has 1 atom stereocenters. The topological polar surface area (TPSA) is 24.9 Å². The lowest BCUT2D eigenvalue weighted by Crippen LogP contribution is -2.20. The summed E-state index contributed by atoms with van der Waals surface area (Å²) >= 11 is 0. The molecule has 0 aliphatic carbocycles. The lowest BCUT2D eigenvalue weighted by atomic mass is 10.1. The van der Waals surface area contributed by atoms with Crippen LogP contribution in [0.5, 0.6) is 0 Å². The van der Waals surface area contributed by atoms with Gasteiger partial charge in [0, 0.05) is 30.4 Å².